The molecule has 0 radical (unpaired) electrons. The Balaban J connectivity index is 1.96. The van der Waals surface area contributed by atoms with Crippen LogP contribution in [0.5, 0.6) is 0 Å². The van der Waals surface area contributed by atoms with E-state index in [1.165, 1.54) is 0 Å². The molecule has 2 atom stereocenters. The minimum absolute atomic E-state index is 0.0132. The molecule has 1 aliphatic rings. The van der Waals surface area contributed by atoms with Crippen LogP contribution < -0.4 is 11.1 Å². The molecule has 1 aliphatic carbocycles. The first-order chi connectivity index (χ1) is 12.5. The summed E-state index contributed by atoms with van der Waals surface area (Å²) in [7, 11) is 0. The van der Waals surface area contributed by atoms with Crippen molar-refractivity contribution in [2.24, 2.45) is 5.73 Å². The summed E-state index contributed by atoms with van der Waals surface area (Å²) in [4.78, 5) is 30.2. The van der Waals surface area contributed by atoms with Crippen LogP contribution in [0.1, 0.15) is 47.5 Å². The molecule has 1 saturated carbocycles. The first-order valence-corrected chi connectivity index (χ1v) is 8.67. The maximum atomic E-state index is 11.8. The van der Waals surface area contributed by atoms with Gasteiger partial charge >= 0.3 is 5.69 Å². The van der Waals surface area contributed by atoms with E-state index < -0.39 is 10.8 Å². The Morgan fingerprint density at radius 1 is 1.31 bits per heavy atom. The zero-order valence-corrected chi connectivity index (χ0v) is 14.6. The number of anilines is 1. The molecule has 0 aliphatic heterocycles. The summed E-state index contributed by atoms with van der Waals surface area (Å²) in [5.74, 6) is -0.412. The predicted molar refractivity (Wildman–Crippen MR) is 97.3 cm³/mol. The summed E-state index contributed by atoms with van der Waals surface area (Å²) in [6.45, 7) is 0. The SMILES string of the molecule is NC(=O)c1ccccc1C1CCCCC1Nc1nc(Cl)ncc1[N+](=O)[O-]. The minimum Gasteiger partial charge on any atom is -0.366 e. The first kappa shape index (κ1) is 18.1. The number of nitrogens with two attached hydrogens (primary N) is 1. The van der Waals surface area contributed by atoms with E-state index in [1.54, 1.807) is 12.1 Å². The number of hydrogen-bond donors (Lipinski definition) is 2. The minimum atomic E-state index is -0.548. The van der Waals surface area contributed by atoms with E-state index in [-0.39, 0.29) is 28.7 Å². The second kappa shape index (κ2) is 7.65. The van der Waals surface area contributed by atoms with Crippen LogP contribution in [0.4, 0.5) is 11.5 Å². The van der Waals surface area contributed by atoms with Crippen LogP contribution in [0.15, 0.2) is 30.5 Å². The molecular formula is C17H18ClN5O3. The summed E-state index contributed by atoms with van der Waals surface area (Å²) >= 11 is 5.81. The van der Waals surface area contributed by atoms with Crippen molar-refractivity contribution in [2.75, 3.05) is 5.32 Å². The van der Waals surface area contributed by atoms with Crippen molar-refractivity contribution in [2.45, 2.75) is 37.6 Å². The quantitative estimate of drug-likeness (QED) is 0.469. The van der Waals surface area contributed by atoms with E-state index in [0.717, 1.165) is 37.4 Å². The maximum absolute atomic E-state index is 11.8. The number of halogens is 1. The molecule has 26 heavy (non-hydrogen) atoms. The van der Waals surface area contributed by atoms with Gasteiger partial charge in [-0.05, 0) is 36.1 Å². The van der Waals surface area contributed by atoms with Crippen molar-refractivity contribution in [3.05, 3.63) is 57.0 Å². The average molecular weight is 376 g/mol. The Morgan fingerprint density at radius 2 is 2.04 bits per heavy atom. The molecule has 2 aromatic rings. The number of hydrogen-bond acceptors (Lipinski definition) is 6. The highest BCUT2D eigenvalue weighted by Crippen LogP contribution is 2.37. The van der Waals surface area contributed by atoms with Crippen LogP contribution in [-0.4, -0.2) is 26.8 Å². The number of carbonyl (C=O) groups excluding carboxylic acids is 1. The maximum Gasteiger partial charge on any atom is 0.329 e. The van der Waals surface area contributed by atoms with Crippen LogP contribution in [-0.2, 0) is 0 Å². The number of rotatable bonds is 5. The smallest absolute Gasteiger partial charge is 0.329 e. The lowest BCUT2D eigenvalue weighted by atomic mass is 9.78. The normalized spacial score (nSPS) is 19.7. The van der Waals surface area contributed by atoms with Gasteiger partial charge in [0, 0.05) is 17.5 Å². The molecule has 3 N–H and O–H groups in total. The van der Waals surface area contributed by atoms with E-state index in [2.05, 4.69) is 15.3 Å². The number of carbonyl (C=O) groups is 1. The average Bonchev–Trinajstić information content (AvgIpc) is 2.62. The third-order valence-electron chi connectivity index (χ3n) is 4.65. The summed E-state index contributed by atoms with van der Waals surface area (Å²) < 4.78 is 0. The van der Waals surface area contributed by atoms with Crippen LogP contribution in [0.25, 0.3) is 0 Å². The number of nitro groups is 1. The Bertz CT molecular complexity index is 845. The molecule has 1 heterocycles. The van der Waals surface area contributed by atoms with E-state index in [1.807, 2.05) is 12.1 Å². The highest BCUT2D eigenvalue weighted by atomic mass is 35.5. The van der Waals surface area contributed by atoms with Crippen molar-refractivity contribution in [1.82, 2.24) is 9.97 Å². The van der Waals surface area contributed by atoms with E-state index in [4.69, 9.17) is 17.3 Å². The van der Waals surface area contributed by atoms with Crippen LogP contribution in [0, 0.1) is 10.1 Å². The van der Waals surface area contributed by atoms with Crippen molar-refractivity contribution < 1.29 is 9.72 Å². The Hall–Kier alpha value is -2.74. The lowest BCUT2D eigenvalue weighted by molar-refractivity contribution is -0.384. The monoisotopic (exact) mass is 375 g/mol. The molecule has 0 bridgehead atoms. The summed E-state index contributed by atoms with van der Waals surface area (Å²) in [6.07, 6.45) is 4.69. The topological polar surface area (TPSA) is 124 Å². The van der Waals surface area contributed by atoms with Crippen molar-refractivity contribution >= 4 is 29.0 Å². The van der Waals surface area contributed by atoms with Crippen LogP contribution in [0.3, 0.4) is 0 Å². The Kier molecular flexibility index (Phi) is 5.32. The van der Waals surface area contributed by atoms with Gasteiger partial charge in [0.15, 0.2) is 0 Å². The largest absolute Gasteiger partial charge is 0.366 e. The molecule has 1 aromatic carbocycles. The lowest BCUT2D eigenvalue weighted by Crippen LogP contribution is -2.32. The van der Waals surface area contributed by atoms with Crippen molar-refractivity contribution in [3.8, 4) is 0 Å². The molecule has 8 nitrogen and oxygen atoms in total. The van der Waals surface area contributed by atoms with Gasteiger partial charge in [0.1, 0.15) is 6.20 Å². The molecule has 136 valence electrons. The molecule has 0 saturated heterocycles. The van der Waals surface area contributed by atoms with Crippen molar-refractivity contribution in [1.29, 1.82) is 0 Å². The lowest BCUT2D eigenvalue weighted by Gasteiger charge is -2.33. The summed E-state index contributed by atoms with van der Waals surface area (Å²) in [6, 6.07) is 7.08. The molecule has 2 unspecified atom stereocenters. The molecule has 3 rings (SSSR count). The molecule has 1 aromatic heterocycles. The highest BCUT2D eigenvalue weighted by molar-refractivity contribution is 6.28. The summed E-state index contributed by atoms with van der Waals surface area (Å²) in [5, 5.41) is 14.3. The molecule has 0 spiro atoms. The van der Waals surface area contributed by atoms with E-state index in [0.29, 0.717) is 5.56 Å². The van der Waals surface area contributed by atoms with Gasteiger partial charge in [-0.25, -0.2) is 4.98 Å². The zero-order valence-electron chi connectivity index (χ0n) is 13.9. The predicted octanol–water partition coefficient (Wildman–Crippen LogP) is 3.28. The Labute approximate surface area is 154 Å². The number of amides is 1. The third kappa shape index (κ3) is 3.75. The number of nitrogens with zero attached hydrogens (tertiary/aromatic N) is 3. The fourth-order valence-electron chi connectivity index (χ4n) is 3.49. The molecule has 1 amide bonds. The van der Waals surface area contributed by atoms with Gasteiger partial charge < -0.3 is 11.1 Å². The fraction of sp³-hybridized carbons (Fsp3) is 0.353. The standard InChI is InChI=1S/C17H18ClN5O3/c18-17-20-9-14(23(25)26)16(22-17)21-13-8-4-3-6-11(13)10-5-1-2-7-12(10)15(19)24/h1-2,5,7,9,11,13H,3-4,6,8H2,(H2,19,24)(H,20,21,22). The highest BCUT2D eigenvalue weighted by Gasteiger charge is 2.31. The van der Waals surface area contributed by atoms with Gasteiger partial charge in [-0.3, -0.25) is 14.9 Å². The molecule has 9 heteroatoms. The van der Waals surface area contributed by atoms with Gasteiger partial charge in [0.05, 0.1) is 4.92 Å². The Morgan fingerprint density at radius 3 is 2.77 bits per heavy atom. The van der Waals surface area contributed by atoms with Gasteiger partial charge in [0.2, 0.25) is 17.0 Å². The van der Waals surface area contributed by atoms with E-state index >= 15 is 0 Å². The van der Waals surface area contributed by atoms with Crippen molar-refractivity contribution in [3.63, 3.8) is 0 Å². The van der Waals surface area contributed by atoms with Crippen LogP contribution in [0.2, 0.25) is 5.28 Å². The summed E-state index contributed by atoms with van der Waals surface area (Å²) in [5.41, 5.74) is 6.60. The van der Waals surface area contributed by atoms with Gasteiger partial charge in [-0.2, -0.15) is 4.98 Å². The second-order valence-electron chi connectivity index (χ2n) is 6.22. The van der Waals surface area contributed by atoms with Crippen LogP contribution >= 0.6 is 11.6 Å². The number of benzene rings is 1. The van der Waals surface area contributed by atoms with Gasteiger partial charge in [-0.15, -0.1) is 0 Å². The first-order valence-electron chi connectivity index (χ1n) is 8.29. The molecule has 1 fully saturated rings. The fourth-order valence-corrected chi connectivity index (χ4v) is 3.62. The number of nitrogens with one attached hydrogen (secondary N) is 1. The van der Waals surface area contributed by atoms with Gasteiger partial charge in [0.25, 0.3) is 0 Å². The zero-order chi connectivity index (χ0) is 18.7. The van der Waals surface area contributed by atoms with Gasteiger partial charge in [-0.1, -0.05) is 31.0 Å². The number of aromatic nitrogens is 2. The third-order valence-corrected chi connectivity index (χ3v) is 4.83. The number of primary amides is 1. The molecular weight excluding hydrogens is 358 g/mol. The second-order valence-corrected chi connectivity index (χ2v) is 6.56. The van der Waals surface area contributed by atoms with E-state index in [9.17, 15) is 14.9 Å².